The van der Waals surface area contributed by atoms with Crippen LogP contribution in [0.5, 0.6) is 11.5 Å². The van der Waals surface area contributed by atoms with Crippen LogP contribution in [0.4, 0.5) is 13.2 Å². The predicted octanol–water partition coefficient (Wildman–Crippen LogP) is 3.51. The molecule has 2 saturated heterocycles. The second-order valence-corrected chi connectivity index (χ2v) is 6.42. The van der Waals surface area contributed by atoms with E-state index in [1.54, 1.807) is 6.07 Å². The van der Waals surface area contributed by atoms with Gasteiger partial charge in [-0.1, -0.05) is 12.1 Å². The average Bonchev–Trinajstić information content (AvgIpc) is 2.59. The van der Waals surface area contributed by atoms with Crippen molar-refractivity contribution >= 4 is 24.8 Å². The first-order valence-corrected chi connectivity index (χ1v) is 8.56. The molecule has 0 amide bonds. The molecule has 27 heavy (non-hydrogen) atoms. The zero-order valence-electron chi connectivity index (χ0n) is 14.7. The number of para-hydroxylation sites is 1. The van der Waals surface area contributed by atoms with E-state index < -0.39 is 17.9 Å². The summed E-state index contributed by atoms with van der Waals surface area (Å²) < 4.78 is 47.2. The highest BCUT2D eigenvalue weighted by molar-refractivity contribution is 5.85. The van der Waals surface area contributed by atoms with Crippen molar-refractivity contribution in [3.05, 3.63) is 23.8 Å². The lowest BCUT2D eigenvalue weighted by Gasteiger charge is -2.41. The number of nitrogens with one attached hydrogen (secondary N) is 1. The Labute approximate surface area is 169 Å². The summed E-state index contributed by atoms with van der Waals surface area (Å²) >= 11 is 0. The van der Waals surface area contributed by atoms with Gasteiger partial charge in [-0.25, -0.2) is 0 Å². The molecule has 156 valence electrons. The Hall–Kier alpha value is -0.930. The number of phenols is 1. The number of aromatic hydroxyl groups is 1. The van der Waals surface area contributed by atoms with Gasteiger partial charge in [-0.15, -0.1) is 38.0 Å². The van der Waals surface area contributed by atoms with Gasteiger partial charge in [-0.2, -0.15) is 0 Å². The molecular weight excluding hydrogens is 408 g/mol. The highest BCUT2D eigenvalue weighted by Crippen LogP contribution is 2.43. The summed E-state index contributed by atoms with van der Waals surface area (Å²) in [6, 6.07) is 4.19. The molecule has 3 rings (SSSR count). The first-order chi connectivity index (χ1) is 12.0. The second kappa shape index (κ2) is 10.6. The average molecular weight is 433 g/mol. The molecular formula is C17H25Cl2F3N2O3. The van der Waals surface area contributed by atoms with Crippen LogP contribution in [0, 0.1) is 5.92 Å². The van der Waals surface area contributed by atoms with Gasteiger partial charge in [0.15, 0.2) is 11.5 Å². The first kappa shape index (κ1) is 24.1. The van der Waals surface area contributed by atoms with E-state index in [2.05, 4.69) is 15.0 Å². The lowest BCUT2D eigenvalue weighted by Crippen LogP contribution is -2.47. The van der Waals surface area contributed by atoms with Crippen LogP contribution in [-0.2, 0) is 4.74 Å². The van der Waals surface area contributed by atoms with Gasteiger partial charge >= 0.3 is 6.36 Å². The van der Waals surface area contributed by atoms with E-state index in [0.29, 0.717) is 18.8 Å². The molecule has 0 spiro atoms. The van der Waals surface area contributed by atoms with Gasteiger partial charge in [-0.3, -0.25) is 4.90 Å². The van der Waals surface area contributed by atoms with E-state index in [1.165, 1.54) is 6.07 Å². The smallest absolute Gasteiger partial charge is 0.504 e. The summed E-state index contributed by atoms with van der Waals surface area (Å²) in [6.07, 6.45) is -3.20. The molecule has 2 heterocycles. The summed E-state index contributed by atoms with van der Waals surface area (Å²) in [4.78, 5) is 2.24. The minimum Gasteiger partial charge on any atom is -0.504 e. The van der Waals surface area contributed by atoms with Crippen LogP contribution in [0.25, 0.3) is 0 Å². The Kier molecular flexibility index (Phi) is 9.44. The molecule has 2 N–H and O–H groups in total. The fourth-order valence-electron chi connectivity index (χ4n) is 3.73. The Bertz CT molecular complexity index is 563. The molecule has 2 aliphatic heterocycles. The van der Waals surface area contributed by atoms with Crippen molar-refractivity contribution in [1.29, 1.82) is 0 Å². The minimum absolute atomic E-state index is 0. The number of benzene rings is 1. The normalized spacial score (nSPS) is 20.3. The van der Waals surface area contributed by atoms with Crippen molar-refractivity contribution < 1.29 is 27.8 Å². The largest absolute Gasteiger partial charge is 0.573 e. The lowest BCUT2D eigenvalue weighted by molar-refractivity contribution is -0.275. The van der Waals surface area contributed by atoms with Crippen molar-refractivity contribution in [3.63, 3.8) is 0 Å². The van der Waals surface area contributed by atoms with Crippen molar-refractivity contribution in [2.24, 2.45) is 5.92 Å². The summed E-state index contributed by atoms with van der Waals surface area (Å²) in [5.41, 5.74) is 0.496. The Morgan fingerprint density at radius 2 is 1.78 bits per heavy atom. The molecule has 0 unspecified atom stereocenters. The number of hydrogen-bond donors (Lipinski definition) is 2. The van der Waals surface area contributed by atoms with Crippen LogP contribution in [0.2, 0.25) is 0 Å². The van der Waals surface area contributed by atoms with E-state index in [-0.39, 0.29) is 36.8 Å². The number of phenolic OH excluding ortho intramolecular Hbond substituents is 1. The van der Waals surface area contributed by atoms with Crippen LogP contribution >= 0.6 is 24.8 Å². The van der Waals surface area contributed by atoms with Crippen LogP contribution in [0.1, 0.15) is 24.4 Å². The number of halogens is 5. The molecule has 2 fully saturated rings. The molecule has 0 aromatic heterocycles. The van der Waals surface area contributed by atoms with E-state index in [0.717, 1.165) is 45.1 Å². The summed E-state index contributed by atoms with van der Waals surface area (Å²) in [7, 11) is 0. The van der Waals surface area contributed by atoms with E-state index in [1.807, 2.05) is 0 Å². The van der Waals surface area contributed by atoms with Crippen LogP contribution in [-0.4, -0.2) is 55.8 Å². The summed E-state index contributed by atoms with van der Waals surface area (Å²) in [6.45, 7) is 4.47. The van der Waals surface area contributed by atoms with Gasteiger partial charge in [0, 0.05) is 51.0 Å². The maximum Gasteiger partial charge on any atom is 0.573 e. The van der Waals surface area contributed by atoms with Crippen molar-refractivity contribution in [3.8, 4) is 11.5 Å². The molecule has 1 atom stereocenters. The predicted molar refractivity (Wildman–Crippen MR) is 100 cm³/mol. The fraction of sp³-hybridized carbons (Fsp3) is 0.647. The van der Waals surface area contributed by atoms with Gasteiger partial charge in [0.1, 0.15) is 0 Å². The number of ether oxygens (including phenoxy) is 2. The Morgan fingerprint density at radius 3 is 2.37 bits per heavy atom. The number of piperazine rings is 1. The van der Waals surface area contributed by atoms with Gasteiger partial charge in [0.2, 0.25) is 0 Å². The fourth-order valence-corrected chi connectivity index (χ4v) is 3.73. The van der Waals surface area contributed by atoms with Gasteiger partial charge in [0.25, 0.3) is 0 Å². The van der Waals surface area contributed by atoms with Crippen LogP contribution in [0.3, 0.4) is 0 Å². The van der Waals surface area contributed by atoms with E-state index >= 15 is 0 Å². The lowest BCUT2D eigenvalue weighted by atomic mass is 9.85. The van der Waals surface area contributed by atoms with Crippen molar-refractivity contribution in [2.75, 3.05) is 39.4 Å². The third kappa shape index (κ3) is 6.29. The van der Waals surface area contributed by atoms with Crippen molar-refractivity contribution in [2.45, 2.75) is 25.2 Å². The molecule has 10 heteroatoms. The maximum absolute atomic E-state index is 12.6. The Balaban J connectivity index is 0.00000182. The van der Waals surface area contributed by atoms with Crippen LogP contribution in [0.15, 0.2) is 18.2 Å². The summed E-state index contributed by atoms with van der Waals surface area (Å²) in [5.74, 6) is -0.745. The molecule has 1 aromatic rings. The molecule has 0 radical (unpaired) electrons. The molecule has 0 aliphatic carbocycles. The van der Waals surface area contributed by atoms with E-state index in [9.17, 15) is 18.3 Å². The zero-order chi connectivity index (χ0) is 17.9. The number of hydrogen-bond acceptors (Lipinski definition) is 5. The van der Waals surface area contributed by atoms with Gasteiger partial charge in [0.05, 0.1) is 0 Å². The third-order valence-electron chi connectivity index (χ3n) is 4.83. The van der Waals surface area contributed by atoms with Gasteiger partial charge < -0.3 is 19.9 Å². The monoisotopic (exact) mass is 432 g/mol. The number of alkyl halides is 3. The number of nitrogens with zero attached hydrogens (tertiary/aromatic N) is 1. The highest BCUT2D eigenvalue weighted by Gasteiger charge is 2.36. The standard InChI is InChI=1S/C17H23F3N2O3.2ClH/c18-17(19,20)25-14-3-1-2-13(16(14)23)15(12-4-10-24-11-5-12)22-8-6-21-7-9-22;;/h1-3,12,15,21,23H,4-11H2;2*1H/t15-;;/m0../s1. The maximum atomic E-state index is 12.6. The minimum atomic E-state index is -4.83. The molecule has 2 aliphatic rings. The SMILES string of the molecule is Cl.Cl.Oc1c(OC(F)(F)F)cccc1[C@H](C1CCOCC1)N1CCNCC1. The third-order valence-corrected chi connectivity index (χ3v) is 4.83. The zero-order valence-corrected chi connectivity index (χ0v) is 16.3. The van der Waals surface area contributed by atoms with Crippen molar-refractivity contribution in [1.82, 2.24) is 10.2 Å². The molecule has 0 saturated carbocycles. The topological polar surface area (TPSA) is 54.0 Å². The second-order valence-electron chi connectivity index (χ2n) is 6.42. The molecule has 0 bridgehead atoms. The van der Waals surface area contributed by atoms with E-state index in [4.69, 9.17) is 4.74 Å². The first-order valence-electron chi connectivity index (χ1n) is 8.56. The molecule has 1 aromatic carbocycles. The number of rotatable bonds is 4. The highest BCUT2D eigenvalue weighted by atomic mass is 35.5. The quantitative estimate of drug-likeness (QED) is 0.762. The van der Waals surface area contributed by atoms with Gasteiger partial charge in [-0.05, 0) is 24.8 Å². The van der Waals surface area contributed by atoms with Crippen LogP contribution < -0.4 is 10.1 Å². The Morgan fingerprint density at radius 1 is 1.15 bits per heavy atom. The summed E-state index contributed by atoms with van der Waals surface area (Å²) in [5, 5.41) is 13.8. The molecule has 5 nitrogen and oxygen atoms in total.